The maximum absolute atomic E-state index is 11.9. The van der Waals surface area contributed by atoms with Crippen molar-refractivity contribution in [3.05, 3.63) is 52.1 Å². The number of fused-ring (bicyclic) bond motifs is 1. The van der Waals surface area contributed by atoms with E-state index in [-0.39, 0.29) is 5.91 Å². The lowest BCUT2D eigenvalue weighted by Crippen LogP contribution is -2.27. The van der Waals surface area contributed by atoms with E-state index in [2.05, 4.69) is 27.4 Å². The second kappa shape index (κ2) is 6.10. The first kappa shape index (κ1) is 13.8. The van der Waals surface area contributed by atoms with Crippen molar-refractivity contribution >= 4 is 28.1 Å². The van der Waals surface area contributed by atoms with Crippen LogP contribution in [0.4, 0.5) is 0 Å². The summed E-state index contributed by atoms with van der Waals surface area (Å²) in [6.07, 6.45) is 3.27. The van der Waals surface area contributed by atoms with Gasteiger partial charge in [-0.15, -0.1) is 11.3 Å². The highest BCUT2D eigenvalue weighted by atomic mass is 32.1. The molecule has 4 nitrogen and oxygen atoms in total. The molecule has 1 amide bonds. The monoisotopic (exact) mass is 299 g/mol. The Kier molecular flexibility index (Phi) is 4.01. The fraction of sp³-hybridized carbons (Fsp3) is 0.250. The molecule has 0 aliphatic carbocycles. The van der Waals surface area contributed by atoms with Crippen LogP contribution in [-0.2, 0) is 17.6 Å². The van der Waals surface area contributed by atoms with Gasteiger partial charge in [0, 0.05) is 28.5 Å². The van der Waals surface area contributed by atoms with Crippen LogP contribution in [0.3, 0.4) is 0 Å². The molecular formula is C16H17N3OS. The molecule has 2 heterocycles. The maximum Gasteiger partial charge on any atom is 0.225 e. The van der Waals surface area contributed by atoms with Gasteiger partial charge in [-0.2, -0.15) is 0 Å². The Hall–Kier alpha value is -2.14. The molecule has 0 spiro atoms. The van der Waals surface area contributed by atoms with Gasteiger partial charge in [0.15, 0.2) is 0 Å². The molecule has 1 aromatic carbocycles. The third-order valence-corrected chi connectivity index (χ3v) is 4.49. The van der Waals surface area contributed by atoms with Crippen molar-refractivity contribution in [1.29, 1.82) is 0 Å². The molecule has 0 radical (unpaired) electrons. The molecule has 21 heavy (non-hydrogen) atoms. The predicted molar refractivity (Wildman–Crippen MR) is 85.6 cm³/mol. The van der Waals surface area contributed by atoms with Crippen molar-refractivity contribution in [2.24, 2.45) is 0 Å². The zero-order valence-corrected chi connectivity index (χ0v) is 12.7. The number of aromatic amines is 1. The molecule has 0 saturated carbocycles. The maximum atomic E-state index is 11.9. The number of hydrogen-bond donors (Lipinski definition) is 2. The quantitative estimate of drug-likeness (QED) is 0.761. The number of benzene rings is 1. The standard InChI is InChI=1S/C16H17N3OS/c1-11-15(21-10-19-11)8-16(20)17-7-6-12-9-18-14-5-3-2-4-13(12)14/h2-5,9-10,18H,6-8H2,1H3,(H,17,20). The molecule has 108 valence electrons. The van der Waals surface area contributed by atoms with Gasteiger partial charge in [-0.3, -0.25) is 4.79 Å². The summed E-state index contributed by atoms with van der Waals surface area (Å²) in [5, 5.41) is 4.20. The number of nitrogens with one attached hydrogen (secondary N) is 2. The summed E-state index contributed by atoms with van der Waals surface area (Å²) in [5.41, 5.74) is 5.11. The lowest BCUT2D eigenvalue weighted by molar-refractivity contribution is -0.120. The predicted octanol–water partition coefficient (Wildman–Crippen LogP) is 2.83. The first-order chi connectivity index (χ1) is 10.2. The SMILES string of the molecule is Cc1ncsc1CC(=O)NCCc1c[nH]c2ccccc12. The summed E-state index contributed by atoms with van der Waals surface area (Å²) >= 11 is 1.53. The largest absolute Gasteiger partial charge is 0.361 e. The molecule has 0 saturated heterocycles. The van der Waals surface area contributed by atoms with E-state index in [4.69, 9.17) is 0 Å². The van der Waals surface area contributed by atoms with Crippen molar-refractivity contribution in [2.45, 2.75) is 19.8 Å². The minimum atomic E-state index is 0.0576. The molecule has 5 heteroatoms. The second-order valence-electron chi connectivity index (χ2n) is 5.00. The number of amides is 1. The van der Waals surface area contributed by atoms with Crippen LogP contribution in [0, 0.1) is 6.92 Å². The highest BCUT2D eigenvalue weighted by molar-refractivity contribution is 7.09. The Balaban J connectivity index is 1.54. The highest BCUT2D eigenvalue weighted by Gasteiger charge is 2.08. The van der Waals surface area contributed by atoms with Crippen LogP contribution in [0.1, 0.15) is 16.1 Å². The van der Waals surface area contributed by atoms with Crippen LogP contribution in [0.15, 0.2) is 36.0 Å². The van der Waals surface area contributed by atoms with E-state index in [9.17, 15) is 4.79 Å². The molecule has 0 atom stereocenters. The van der Waals surface area contributed by atoms with Gasteiger partial charge >= 0.3 is 0 Å². The summed E-state index contributed by atoms with van der Waals surface area (Å²) in [6, 6.07) is 8.21. The number of H-pyrrole nitrogens is 1. The van der Waals surface area contributed by atoms with Gasteiger partial charge in [0.05, 0.1) is 17.6 Å². The van der Waals surface area contributed by atoms with E-state index in [1.807, 2.05) is 25.3 Å². The van der Waals surface area contributed by atoms with E-state index >= 15 is 0 Å². The number of para-hydroxylation sites is 1. The summed E-state index contributed by atoms with van der Waals surface area (Å²) in [4.78, 5) is 20.4. The van der Waals surface area contributed by atoms with Gasteiger partial charge in [0.25, 0.3) is 0 Å². The van der Waals surface area contributed by atoms with Crippen molar-refractivity contribution in [3.8, 4) is 0 Å². The third kappa shape index (κ3) is 3.13. The zero-order chi connectivity index (χ0) is 14.7. The van der Waals surface area contributed by atoms with Gasteiger partial charge in [0.2, 0.25) is 5.91 Å². The lowest BCUT2D eigenvalue weighted by Gasteiger charge is -2.04. The van der Waals surface area contributed by atoms with Gasteiger partial charge in [-0.1, -0.05) is 18.2 Å². The first-order valence-electron chi connectivity index (χ1n) is 6.94. The average molecular weight is 299 g/mol. The van der Waals surface area contributed by atoms with Gasteiger partial charge < -0.3 is 10.3 Å². The fourth-order valence-electron chi connectivity index (χ4n) is 2.38. The summed E-state index contributed by atoms with van der Waals surface area (Å²) in [7, 11) is 0. The first-order valence-corrected chi connectivity index (χ1v) is 7.82. The Morgan fingerprint density at radius 1 is 1.38 bits per heavy atom. The van der Waals surface area contributed by atoms with Crippen LogP contribution in [0.2, 0.25) is 0 Å². The Morgan fingerprint density at radius 2 is 2.24 bits per heavy atom. The molecule has 0 bridgehead atoms. The van der Waals surface area contributed by atoms with Crippen molar-refractivity contribution in [1.82, 2.24) is 15.3 Å². The number of carbonyl (C=O) groups excluding carboxylic acids is 1. The summed E-state index contributed by atoms with van der Waals surface area (Å²) in [6.45, 7) is 2.59. The Bertz CT molecular complexity index is 760. The molecule has 0 aliphatic rings. The van der Waals surface area contributed by atoms with Crippen molar-refractivity contribution in [3.63, 3.8) is 0 Å². The number of thiazole rings is 1. The van der Waals surface area contributed by atoms with Crippen LogP contribution in [0.5, 0.6) is 0 Å². The molecule has 3 aromatic rings. The molecule has 0 aliphatic heterocycles. The van der Waals surface area contributed by atoms with Gasteiger partial charge in [-0.25, -0.2) is 4.98 Å². The van der Waals surface area contributed by atoms with E-state index in [1.54, 1.807) is 5.51 Å². The Morgan fingerprint density at radius 3 is 3.05 bits per heavy atom. The van der Waals surface area contributed by atoms with Gasteiger partial charge in [0.1, 0.15) is 0 Å². The third-order valence-electron chi connectivity index (χ3n) is 3.56. The van der Waals surface area contributed by atoms with E-state index in [0.29, 0.717) is 13.0 Å². The van der Waals surface area contributed by atoms with E-state index in [1.165, 1.54) is 22.3 Å². The molecular weight excluding hydrogens is 282 g/mol. The topological polar surface area (TPSA) is 57.8 Å². The van der Waals surface area contributed by atoms with Crippen molar-refractivity contribution < 1.29 is 4.79 Å². The minimum absolute atomic E-state index is 0.0576. The zero-order valence-electron chi connectivity index (χ0n) is 11.8. The highest BCUT2D eigenvalue weighted by Crippen LogP contribution is 2.17. The summed E-state index contributed by atoms with van der Waals surface area (Å²) < 4.78 is 0. The Labute approximate surface area is 127 Å². The van der Waals surface area contributed by atoms with Crippen LogP contribution in [-0.4, -0.2) is 22.4 Å². The minimum Gasteiger partial charge on any atom is -0.361 e. The van der Waals surface area contributed by atoms with Gasteiger partial charge in [-0.05, 0) is 25.0 Å². The lowest BCUT2D eigenvalue weighted by atomic mass is 10.1. The number of hydrogen-bond acceptors (Lipinski definition) is 3. The molecule has 0 fully saturated rings. The fourth-order valence-corrected chi connectivity index (χ4v) is 3.15. The van der Waals surface area contributed by atoms with E-state index in [0.717, 1.165) is 22.5 Å². The van der Waals surface area contributed by atoms with Crippen LogP contribution < -0.4 is 5.32 Å². The normalized spacial score (nSPS) is 10.9. The smallest absolute Gasteiger partial charge is 0.225 e. The molecule has 2 N–H and O–H groups in total. The number of aromatic nitrogens is 2. The van der Waals surface area contributed by atoms with Crippen LogP contribution in [0.25, 0.3) is 10.9 Å². The molecule has 0 unspecified atom stereocenters. The molecule has 2 aromatic heterocycles. The number of rotatable bonds is 5. The van der Waals surface area contributed by atoms with E-state index < -0.39 is 0 Å². The average Bonchev–Trinajstić information content (AvgIpc) is 3.07. The van der Waals surface area contributed by atoms with Crippen LogP contribution >= 0.6 is 11.3 Å². The number of aryl methyl sites for hydroxylation is 1. The summed E-state index contributed by atoms with van der Waals surface area (Å²) in [5.74, 6) is 0.0576. The number of carbonyl (C=O) groups is 1. The second-order valence-corrected chi connectivity index (χ2v) is 5.94. The molecule has 3 rings (SSSR count). The number of nitrogens with zero attached hydrogens (tertiary/aromatic N) is 1. The van der Waals surface area contributed by atoms with Crippen molar-refractivity contribution in [2.75, 3.05) is 6.54 Å².